The largest absolute Gasteiger partial charge is 0.467 e. The van der Waals surface area contributed by atoms with E-state index in [1.165, 1.54) is 18.4 Å². The van der Waals surface area contributed by atoms with E-state index in [1.807, 2.05) is 6.92 Å². The van der Waals surface area contributed by atoms with Crippen LogP contribution in [0.2, 0.25) is 0 Å². The minimum Gasteiger partial charge on any atom is -0.467 e. The Hall–Kier alpha value is -1.75. The van der Waals surface area contributed by atoms with Crippen LogP contribution in [0.4, 0.5) is 13.2 Å². The van der Waals surface area contributed by atoms with Crippen molar-refractivity contribution in [3.8, 4) is 0 Å². The van der Waals surface area contributed by atoms with Crippen LogP contribution in [0.15, 0.2) is 52.1 Å². The highest BCUT2D eigenvalue weighted by atomic mass is 127. The Morgan fingerprint density at radius 2 is 1.88 bits per heavy atom. The minimum atomic E-state index is -4.35. The van der Waals surface area contributed by atoms with Gasteiger partial charge in [-0.2, -0.15) is 13.2 Å². The zero-order valence-electron chi connectivity index (χ0n) is 14.1. The van der Waals surface area contributed by atoms with Crippen molar-refractivity contribution in [3.63, 3.8) is 0 Å². The average molecular weight is 483 g/mol. The fraction of sp³-hybridized carbons (Fsp3) is 0.353. The summed E-state index contributed by atoms with van der Waals surface area (Å²) in [6, 6.07) is 8.21. The number of hydrogen-bond donors (Lipinski definition) is 3. The maximum atomic E-state index is 12.5. The Morgan fingerprint density at radius 3 is 2.42 bits per heavy atom. The molecule has 1 atom stereocenters. The highest BCUT2D eigenvalue weighted by molar-refractivity contribution is 14.0. The van der Waals surface area contributed by atoms with Gasteiger partial charge in [-0.25, -0.2) is 4.99 Å². The summed E-state index contributed by atoms with van der Waals surface area (Å²) in [7, 11) is 0. The van der Waals surface area contributed by atoms with E-state index < -0.39 is 17.8 Å². The molecule has 0 aliphatic carbocycles. The Balaban J connectivity index is 0.00000338. The predicted octanol–water partition coefficient (Wildman–Crippen LogP) is 3.71. The van der Waals surface area contributed by atoms with Crippen molar-refractivity contribution in [2.75, 3.05) is 13.1 Å². The van der Waals surface area contributed by atoms with E-state index in [4.69, 9.17) is 4.42 Å². The van der Waals surface area contributed by atoms with Crippen LogP contribution in [0.1, 0.15) is 29.9 Å². The smallest absolute Gasteiger partial charge is 0.416 e. The van der Waals surface area contributed by atoms with E-state index in [-0.39, 0.29) is 37.1 Å². The van der Waals surface area contributed by atoms with Crippen LogP contribution in [0.3, 0.4) is 0 Å². The molecule has 5 nitrogen and oxygen atoms in total. The maximum Gasteiger partial charge on any atom is 0.416 e. The molecule has 0 aliphatic heterocycles. The molecular formula is C17H21F3IN3O2. The fourth-order valence-corrected chi connectivity index (χ4v) is 2.09. The molecule has 144 valence electrons. The van der Waals surface area contributed by atoms with Gasteiger partial charge in [0, 0.05) is 6.54 Å². The molecule has 3 N–H and O–H groups in total. The SMILES string of the molecule is CCNC(=NCc1ccc(C(F)(F)F)cc1)NCC(O)c1ccco1.I. The minimum absolute atomic E-state index is 0. The van der Waals surface area contributed by atoms with Gasteiger partial charge in [0.1, 0.15) is 11.9 Å². The van der Waals surface area contributed by atoms with E-state index >= 15 is 0 Å². The lowest BCUT2D eigenvalue weighted by Gasteiger charge is -2.14. The molecular weight excluding hydrogens is 462 g/mol. The molecule has 9 heteroatoms. The van der Waals surface area contributed by atoms with Gasteiger partial charge >= 0.3 is 6.18 Å². The summed E-state index contributed by atoms with van der Waals surface area (Å²) in [5.74, 6) is 0.888. The molecule has 0 radical (unpaired) electrons. The van der Waals surface area contributed by atoms with Crippen molar-refractivity contribution in [1.82, 2.24) is 10.6 Å². The lowest BCUT2D eigenvalue weighted by molar-refractivity contribution is -0.137. The molecule has 0 bridgehead atoms. The van der Waals surface area contributed by atoms with Gasteiger partial charge in [0.25, 0.3) is 0 Å². The molecule has 0 saturated heterocycles. The average Bonchev–Trinajstić information content (AvgIpc) is 3.11. The number of alkyl halides is 3. The van der Waals surface area contributed by atoms with E-state index in [2.05, 4.69) is 15.6 Å². The van der Waals surface area contributed by atoms with Gasteiger partial charge in [-0.05, 0) is 36.8 Å². The summed E-state index contributed by atoms with van der Waals surface area (Å²) in [5.41, 5.74) is -0.0383. The molecule has 1 heterocycles. The lowest BCUT2D eigenvalue weighted by atomic mass is 10.1. The van der Waals surface area contributed by atoms with Crippen LogP contribution < -0.4 is 10.6 Å². The molecule has 2 rings (SSSR count). The number of furan rings is 1. The third kappa shape index (κ3) is 6.87. The molecule has 1 aromatic heterocycles. The number of aliphatic hydroxyl groups excluding tert-OH is 1. The van der Waals surface area contributed by atoms with E-state index in [9.17, 15) is 18.3 Å². The van der Waals surface area contributed by atoms with Gasteiger partial charge in [0.05, 0.1) is 24.9 Å². The van der Waals surface area contributed by atoms with Crippen LogP contribution in [0.25, 0.3) is 0 Å². The van der Waals surface area contributed by atoms with E-state index in [0.717, 1.165) is 12.1 Å². The lowest BCUT2D eigenvalue weighted by Crippen LogP contribution is -2.39. The number of nitrogens with one attached hydrogen (secondary N) is 2. The first-order valence-corrected chi connectivity index (χ1v) is 7.80. The number of hydrogen-bond acceptors (Lipinski definition) is 3. The summed E-state index contributed by atoms with van der Waals surface area (Å²) < 4.78 is 42.8. The highest BCUT2D eigenvalue weighted by Gasteiger charge is 2.29. The third-order valence-electron chi connectivity index (χ3n) is 3.38. The van der Waals surface area contributed by atoms with Gasteiger partial charge < -0.3 is 20.2 Å². The number of halogens is 4. The van der Waals surface area contributed by atoms with Crippen LogP contribution in [0, 0.1) is 0 Å². The van der Waals surface area contributed by atoms with Gasteiger partial charge in [0.2, 0.25) is 0 Å². The maximum absolute atomic E-state index is 12.5. The summed E-state index contributed by atoms with van der Waals surface area (Å²) in [5, 5.41) is 15.9. The van der Waals surface area contributed by atoms with Gasteiger partial charge in [-0.1, -0.05) is 12.1 Å². The molecule has 26 heavy (non-hydrogen) atoms. The van der Waals surface area contributed by atoms with Crippen LogP contribution in [0.5, 0.6) is 0 Å². The molecule has 1 unspecified atom stereocenters. The molecule has 1 aromatic carbocycles. The number of benzene rings is 1. The summed E-state index contributed by atoms with van der Waals surface area (Å²) in [6.45, 7) is 2.89. The molecule has 0 saturated carbocycles. The second-order valence-electron chi connectivity index (χ2n) is 5.30. The number of nitrogens with zero attached hydrogens (tertiary/aromatic N) is 1. The molecule has 0 amide bonds. The topological polar surface area (TPSA) is 69.8 Å². The summed E-state index contributed by atoms with van der Waals surface area (Å²) >= 11 is 0. The van der Waals surface area contributed by atoms with Crippen molar-refractivity contribution in [2.45, 2.75) is 25.7 Å². The molecule has 2 aromatic rings. The third-order valence-corrected chi connectivity index (χ3v) is 3.38. The first-order valence-electron chi connectivity index (χ1n) is 7.80. The molecule has 0 spiro atoms. The Morgan fingerprint density at radius 1 is 1.19 bits per heavy atom. The van der Waals surface area contributed by atoms with Gasteiger partial charge in [-0.15, -0.1) is 24.0 Å². The van der Waals surface area contributed by atoms with Crippen molar-refractivity contribution < 1.29 is 22.7 Å². The summed E-state index contributed by atoms with van der Waals surface area (Å²) in [6.07, 6.45) is -3.70. The van der Waals surface area contributed by atoms with Gasteiger partial charge in [-0.3, -0.25) is 0 Å². The van der Waals surface area contributed by atoms with Crippen LogP contribution in [-0.4, -0.2) is 24.2 Å². The fourth-order valence-electron chi connectivity index (χ4n) is 2.09. The van der Waals surface area contributed by atoms with Crippen molar-refractivity contribution in [2.24, 2.45) is 4.99 Å². The Bertz CT molecular complexity index is 674. The predicted molar refractivity (Wildman–Crippen MR) is 103 cm³/mol. The van der Waals surface area contributed by atoms with Crippen LogP contribution in [-0.2, 0) is 12.7 Å². The second kappa shape index (κ2) is 10.4. The number of aliphatic hydroxyl groups is 1. The monoisotopic (exact) mass is 483 g/mol. The number of rotatable bonds is 6. The zero-order valence-corrected chi connectivity index (χ0v) is 16.4. The van der Waals surface area contributed by atoms with Crippen LogP contribution >= 0.6 is 24.0 Å². The van der Waals surface area contributed by atoms with Crippen molar-refractivity contribution in [1.29, 1.82) is 0 Å². The second-order valence-corrected chi connectivity index (χ2v) is 5.30. The van der Waals surface area contributed by atoms with Gasteiger partial charge in [0.15, 0.2) is 5.96 Å². The quantitative estimate of drug-likeness (QED) is 0.333. The first-order chi connectivity index (χ1) is 11.9. The number of aliphatic imine (C=N–C) groups is 1. The molecule has 0 fully saturated rings. The highest BCUT2D eigenvalue weighted by Crippen LogP contribution is 2.29. The van der Waals surface area contributed by atoms with E-state index in [1.54, 1.807) is 12.1 Å². The zero-order chi connectivity index (χ0) is 18.3. The standard InChI is InChI=1S/C17H20F3N3O2.HI/c1-2-21-16(23-11-14(24)15-4-3-9-25-15)22-10-12-5-7-13(8-6-12)17(18,19)20;/h3-9,14,24H,2,10-11H2,1H3,(H2,21,22,23);1H. The normalized spacial score (nSPS) is 13.0. The number of guanidine groups is 1. The van der Waals surface area contributed by atoms with E-state index in [0.29, 0.717) is 23.8 Å². The molecule has 0 aliphatic rings. The Labute approximate surface area is 166 Å². The van der Waals surface area contributed by atoms with Crippen molar-refractivity contribution >= 4 is 29.9 Å². The first kappa shape index (κ1) is 22.3. The van der Waals surface area contributed by atoms with Crippen molar-refractivity contribution in [3.05, 3.63) is 59.5 Å². The Kier molecular flexibility index (Phi) is 8.93. The summed E-state index contributed by atoms with van der Waals surface area (Å²) in [4.78, 5) is 4.30.